The Balaban J connectivity index is 1.95. The second-order valence-electron chi connectivity index (χ2n) is 4.78. The molecule has 5 heteroatoms. The van der Waals surface area contributed by atoms with E-state index >= 15 is 0 Å². The number of esters is 1. The number of rotatable bonds is 3. The second kappa shape index (κ2) is 6.07. The largest absolute Gasteiger partial charge is 0.458 e. The maximum absolute atomic E-state index is 11.3. The smallest absolute Gasteiger partial charge is 0.303 e. The molecule has 2 fully saturated rings. The number of hydrogen-bond donors (Lipinski definition) is 0. The quantitative estimate of drug-likeness (QED) is 0.711. The Hall–Kier alpha value is -0.260. The minimum Gasteiger partial charge on any atom is -0.458 e. The standard InChI is InChI=1S/C12H21NO3S/c1-11(14)16-12(2-8-17-9-3-12)10-13-4-6-15-7-5-13/h2-10H2,1H3. The fraction of sp³-hybridized carbons (Fsp3) is 0.917. The number of thioether (sulfide) groups is 1. The molecule has 98 valence electrons. The molecule has 2 saturated heterocycles. The topological polar surface area (TPSA) is 38.8 Å². The van der Waals surface area contributed by atoms with Crippen LogP contribution in [0.3, 0.4) is 0 Å². The molecule has 0 aromatic carbocycles. The summed E-state index contributed by atoms with van der Waals surface area (Å²) in [5.41, 5.74) is -0.242. The van der Waals surface area contributed by atoms with Gasteiger partial charge in [-0.25, -0.2) is 0 Å². The molecule has 0 N–H and O–H groups in total. The van der Waals surface area contributed by atoms with Crippen molar-refractivity contribution in [1.82, 2.24) is 4.90 Å². The molecule has 0 aliphatic carbocycles. The summed E-state index contributed by atoms with van der Waals surface area (Å²) in [6.07, 6.45) is 1.96. The zero-order valence-corrected chi connectivity index (χ0v) is 11.3. The number of morpholine rings is 1. The molecule has 2 aliphatic heterocycles. The minimum atomic E-state index is -0.242. The van der Waals surface area contributed by atoms with Gasteiger partial charge in [0.15, 0.2) is 0 Å². The van der Waals surface area contributed by atoms with Gasteiger partial charge in [-0.2, -0.15) is 11.8 Å². The van der Waals surface area contributed by atoms with Crippen LogP contribution < -0.4 is 0 Å². The summed E-state index contributed by atoms with van der Waals surface area (Å²) in [6, 6.07) is 0. The number of carbonyl (C=O) groups is 1. The number of carbonyl (C=O) groups excluding carboxylic acids is 1. The van der Waals surface area contributed by atoms with Crippen LogP contribution >= 0.6 is 11.8 Å². The second-order valence-corrected chi connectivity index (χ2v) is 6.00. The van der Waals surface area contributed by atoms with Gasteiger partial charge in [0.05, 0.1) is 13.2 Å². The average molecular weight is 259 g/mol. The van der Waals surface area contributed by atoms with Gasteiger partial charge in [0.1, 0.15) is 5.60 Å². The SMILES string of the molecule is CC(=O)OC1(CN2CCOCC2)CCSCC1. The molecule has 2 rings (SSSR count). The fourth-order valence-corrected chi connectivity index (χ4v) is 3.74. The van der Waals surface area contributed by atoms with Crippen molar-refractivity contribution in [2.45, 2.75) is 25.4 Å². The van der Waals surface area contributed by atoms with E-state index in [1.54, 1.807) is 0 Å². The van der Waals surface area contributed by atoms with Crippen LogP contribution in [-0.4, -0.2) is 60.8 Å². The van der Waals surface area contributed by atoms with Crippen molar-refractivity contribution in [3.05, 3.63) is 0 Å². The van der Waals surface area contributed by atoms with E-state index in [1.165, 1.54) is 6.92 Å². The van der Waals surface area contributed by atoms with Crippen LogP contribution in [0.2, 0.25) is 0 Å². The first kappa shape index (κ1) is 13.2. The lowest BCUT2D eigenvalue weighted by molar-refractivity contribution is -0.161. The van der Waals surface area contributed by atoms with Crippen molar-refractivity contribution in [1.29, 1.82) is 0 Å². The Labute approximate surface area is 107 Å². The van der Waals surface area contributed by atoms with Crippen molar-refractivity contribution >= 4 is 17.7 Å². The van der Waals surface area contributed by atoms with Crippen LogP contribution in [0.5, 0.6) is 0 Å². The lowest BCUT2D eigenvalue weighted by Gasteiger charge is -2.41. The molecule has 17 heavy (non-hydrogen) atoms. The van der Waals surface area contributed by atoms with Crippen molar-refractivity contribution < 1.29 is 14.3 Å². The molecule has 0 amide bonds. The van der Waals surface area contributed by atoms with Gasteiger partial charge in [0.2, 0.25) is 0 Å². The highest BCUT2D eigenvalue weighted by molar-refractivity contribution is 7.99. The molecule has 0 atom stereocenters. The van der Waals surface area contributed by atoms with Crippen LogP contribution in [0.15, 0.2) is 0 Å². The van der Waals surface area contributed by atoms with Gasteiger partial charge >= 0.3 is 5.97 Å². The van der Waals surface area contributed by atoms with Crippen molar-refractivity contribution in [2.24, 2.45) is 0 Å². The van der Waals surface area contributed by atoms with Crippen LogP contribution in [0.1, 0.15) is 19.8 Å². The predicted octanol–water partition coefficient (Wildman–Crippen LogP) is 1.15. The predicted molar refractivity (Wildman–Crippen MR) is 68.3 cm³/mol. The monoisotopic (exact) mass is 259 g/mol. The summed E-state index contributed by atoms with van der Waals surface area (Å²) in [4.78, 5) is 13.7. The molecule has 0 spiro atoms. The van der Waals surface area contributed by atoms with E-state index in [9.17, 15) is 4.79 Å². The molecule has 0 unspecified atom stereocenters. The maximum Gasteiger partial charge on any atom is 0.303 e. The van der Waals surface area contributed by atoms with Crippen LogP contribution in [-0.2, 0) is 14.3 Å². The lowest BCUT2D eigenvalue weighted by atomic mass is 9.95. The van der Waals surface area contributed by atoms with Gasteiger partial charge in [-0.3, -0.25) is 9.69 Å². The summed E-state index contributed by atoms with van der Waals surface area (Å²) in [5.74, 6) is 2.04. The lowest BCUT2D eigenvalue weighted by Crippen LogP contribution is -2.51. The van der Waals surface area contributed by atoms with Crippen LogP contribution in [0.4, 0.5) is 0 Å². The Morgan fingerprint density at radius 2 is 2.00 bits per heavy atom. The first-order valence-electron chi connectivity index (χ1n) is 6.28. The highest BCUT2D eigenvalue weighted by Crippen LogP contribution is 2.31. The Bertz CT molecular complexity index is 260. The Morgan fingerprint density at radius 3 is 2.59 bits per heavy atom. The number of ether oxygens (including phenoxy) is 2. The van der Waals surface area contributed by atoms with E-state index < -0.39 is 0 Å². The molecule has 0 saturated carbocycles. The molecule has 0 aromatic rings. The molecule has 2 aliphatic rings. The number of nitrogens with zero attached hydrogens (tertiary/aromatic N) is 1. The molecule has 4 nitrogen and oxygen atoms in total. The van der Waals surface area contributed by atoms with Gasteiger partial charge < -0.3 is 9.47 Å². The van der Waals surface area contributed by atoms with Gasteiger partial charge in [0, 0.05) is 26.6 Å². The fourth-order valence-electron chi connectivity index (χ4n) is 2.51. The summed E-state index contributed by atoms with van der Waals surface area (Å²) in [6.45, 7) is 5.89. The Morgan fingerprint density at radius 1 is 1.35 bits per heavy atom. The number of hydrogen-bond acceptors (Lipinski definition) is 5. The maximum atomic E-state index is 11.3. The summed E-state index contributed by atoms with van der Waals surface area (Å²) in [7, 11) is 0. The van der Waals surface area contributed by atoms with E-state index in [1.807, 2.05) is 11.8 Å². The first-order chi connectivity index (χ1) is 8.20. The van der Waals surface area contributed by atoms with E-state index in [4.69, 9.17) is 9.47 Å². The third-order valence-electron chi connectivity index (χ3n) is 3.38. The zero-order chi connectivity index (χ0) is 12.1. The zero-order valence-electron chi connectivity index (χ0n) is 10.4. The molecule has 2 heterocycles. The van der Waals surface area contributed by atoms with E-state index in [0.717, 1.165) is 57.2 Å². The summed E-state index contributed by atoms with van der Waals surface area (Å²) in [5, 5.41) is 0. The summed E-state index contributed by atoms with van der Waals surface area (Å²) < 4.78 is 11.0. The van der Waals surface area contributed by atoms with Crippen LogP contribution in [0.25, 0.3) is 0 Å². The average Bonchev–Trinajstić information content (AvgIpc) is 2.30. The highest BCUT2D eigenvalue weighted by atomic mass is 32.2. The van der Waals surface area contributed by atoms with E-state index in [0.29, 0.717) is 0 Å². The van der Waals surface area contributed by atoms with Gasteiger partial charge in [-0.15, -0.1) is 0 Å². The normalized spacial score (nSPS) is 25.5. The van der Waals surface area contributed by atoms with Crippen LogP contribution in [0, 0.1) is 0 Å². The van der Waals surface area contributed by atoms with Gasteiger partial charge in [-0.05, 0) is 24.3 Å². The van der Waals surface area contributed by atoms with Crippen molar-refractivity contribution in [3.8, 4) is 0 Å². The van der Waals surface area contributed by atoms with Crippen molar-refractivity contribution in [2.75, 3.05) is 44.4 Å². The van der Waals surface area contributed by atoms with Gasteiger partial charge in [-0.1, -0.05) is 0 Å². The van der Waals surface area contributed by atoms with E-state index in [-0.39, 0.29) is 11.6 Å². The molecule has 0 radical (unpaired) electrons. The molecular formula is C12H21NO3S. The summed E-state index contributed by atoms with van der Waals surface area (Å²) >= 11 is 1.95. The van der Waals surface area contributed by atoms with Crippen molar-refractivity contribution in [3.63, 3.8) is 0 Å². The molecule has 0 aromatic heterocycles. The Kier molecular flexibility index (Phi) is 4.70. The van der Waals surface area contributed by atoms with Gasteiger partial charge in [0.25, 0.3) is 0 Å². The molecule has 0 bridgehead atoms. The minimum absolute atomic E-state index is 0.148. The third kappa shape index (κ3) is 3.86. The third-order valence-corrected chi connectivity index (χ3v) is 4.37. The van der Waals surface area contributed by atoms with E-state index in [2.05, 4.69) is 4.90 Å². The highest BCUT2D eigenvalue weighted by Gasteiger charge is 2.37. The molecular weight excluding hydrogens is 238 g/mol. The first-order valence-corrected chi connectivity index (χ1v) is 7.43.